The van der Waals surface area contributed by atoms with Crippen molar-refractivity contribution in [2.45, 2.75) is 39.2 Å². The number of carboxylic acids is 1. The molecule has 0 aliphatic carbocycles. The molecule has 0 atom stereocenters. The molecule has 0 spiro atoms. The minimum Gasteiger partial charge on any atom is -0.481 e. The topological polar surface area (TPSA) is 66.4 Å². The molecule has 1 aromatic rings. The van der Waals surface area contributed by atoms with Crippen LogP contribution in [0.2, 0.25) is 0 Å². The molecule has 19 heavy (non-hydrogen) atoms. The summed E-state index contributed by atoms with van der Waals surface area (Å²) in [5, 5.41) is 11.4. The third-order valence-corrected chi connectivity index (χ3v) is 2.72. The summed E-state index contributed by atoms with van der Waals surface area (Å²) in [7, 11) is 0. The molecule has 0 aliphatic heterocycles. The van der Waals surface area contributed by atoms with E-state index in [0.717, 1.165) is 6.07 Å². The van der Waals surface area contributed by atoms with Crippen LogP contribution >= 0.6 is 0 Å². The van der Waals surface area contributed by atoms with Gasteiger partial charge in [0, 0.05) is 17.5 Å². The number of hydrogen-bond donors (Lipinski definition) is 2. The van der Waals surface area contributed by atoms with Crippen molar-refractivity contribution < 1.29 is 19.1 Å². The van der Waals surface area contributed by atoms with Gasteiger partial charge in [-0.3, -0.25) is 9.59 Å². The second-order valence-electron chi connectivity index (χ2n) is 5.25. The fourth-order valence-corrected chi connectivity index (χ4v) is 1.73. The SMILES string of the molecule is Cc1cc(F)cc(C(=O)NC(C)(C)CCC(=O)O)c1. The minimum atomic E-state index is -0.913. The Morgan fingerprint density at radius 3 is 2.47 bits per heavy atom. The molecule has 104 valence electrons. The van der Waals surface area contributed by atoms with Gasteiger partial charge < -0.3 is 10.4 Å². The Bertz CT molecular complexity index is 477. The molecular formula is C14H18FNO3. The quantitative estimate of drug-likeness (QED) is 0.861. The number of halogens is 1. The summed E-state index contributed by atoms with van der Waals surface area (Å²) >= 11 is 0. The Kier molecular flexibility index (Phi) is 4.64. The lowest BCUT2D eigenvalue weighted by Crippen LogP contribution is -2.43. The number of rotatable bonds is 5. The van der Waals surface area contributed by atoms with Gasteiger partial charge in [0.1, 0.15) is 5.82 Å². The van der Waals surface area contributed by atoms with Gasteiger partial charge in [0.25, 0.3) is 5.91 Å². The van der Waals surface area contributed by atoms with Gasteiger partial charge in [0.15, 0.2) is 0 Å². The van der Waals surface area contributed by atoms with Gasteiger partial charge in [-0.25, -0.2) is 4.39 Å². The summed E-state index contributed by atoms with van der Waals surface area (Å²) in [6.45, 7) is 5.18. The largest absolute Gasteiger partial charge is 0.481 e. The Balaban J connectivity index is 2.75. The van der Waals surface area contributed by atoms with Crippen molar-refractivity contribution in [2.24, 2.45) is 0 Å². The number of amides is 1. The first-order valence-electron chi connectivity index (χ1n) is 6.01. The Morgan fingerprint density at radius 2 is 1.95 bits per heavy atom. The lowest BCUT2D eigenvalue weighted by atomic mass is 9.97. The first-order valence-corrected chi connectivity index (χ1v) is 6.01. The summed E-state index contributed by atoms with van der Waals surface area (Å²) in [5.41, 5.74) is 0.241. The summed E-state index contributed by atoms with van der Waals surface area (Å²) in [5.74, 6) is -1.78. The van der Waals surface area contributed by atoms with Crippen LogP contribution in [-0.2, 0) is 4.79 Å². The number of aliphatic carboxylic acids is 1. The molecule has 1 amide bonds. The summed E-state index contributed by atoms with van der Waals surface area (Å²) in [6.07, 6.45) is 0.276. The lowest BCUT2D eigenvalue weighted by Gasteiger charge is -2.25. The third-order valence-electron chi connectivity index (χ3n) is 2.72. The van der Waals surface area contributed by atoms with E-state index in [1.54, 1.807) is 26.8 Å². The van der Waals surface area contributed by atoms with Crippen molar-refractivity contribution in [3.05, 3.63) is 35.1 Å². The van der Waals surface area contributed by atoms with E-state index in [9.17, 15) is 14.0 Å². The molecule has 1 rings (SSSR count). The van der Waals surface area contributed by atoms with Gasteiger partial charge in [-0.2, -0.15) is 0 Å². The van der Waals surface area contributed by atoms with Gasteiger partial charge in [-0.1, -0.05) is 0 Å². The lowest BCUT2D eigenvalue weighted by molar-refractivity contribution is -0.137. The maximum absolute atomic E-state index is 13.2. The van der Waals surface area contributed by atoms with Crippen molar-refractivity contribution >= 4 is 11.9 Å². The fourth-order valence-electron chi connectivity index (χ4n) is 1.73. The Labute approximate surface area is 111 Å². The molecule has 0 bridgehead atoms. The Hall–Kier alpha value is -1.91. The normalized spacial score (nSPS) is 11.2. The maximum atomic E-state index is 13.2. The highest BCUT2D eigenvalue weighted by Gasteiger charge is 2.22. The van der Waals surface area contributed by atoms with Crippen LogP contribution in [0.25, 0.3) is 0 Å². The summed E-state index contributed by atoms with van der Waals surface area (Å²) < 4.78 is 13.2. The van der Waals surface area contributed by atoms with Gasteiger partial charge >= 0.3 is 5.97 Å². The molecule has 0 saturated carbocycles. The molecule has 0 saturated heterocycles. The smallest absolute Gasteiger partial charge is 0.303 e. The highest BCUT2D eigenvalue weighted by atomic mass is 19.1. The fraction of sp³-hybridized carbons (Fsp3) is 0.429. The van der Waals surface area contributed by atoms with E-state index in [2.05, 4.69) is 5.32 Å². The van der Waals surface area contributed by atoms with Crippen LogP contribution < -0.4 is 5.32 Å². The van der Waals surface area contributed by atoms with E-state index in [0.29, 0.717) is 12.0 Å². The van der Waals surface area contributed by atoms with Crippen LogP contribution in [-0.4, -0.2) is 22.5 Å². The second kappa shape index (κ2) is 5.82. The van der Waals surface area contributed by atoms with Gasteiger partial charge in [0.05, 0.1) is 0 Å². The molecule has 2 N–H and O–H groups in total. The molecule has 0 aromatic heterocycles. The second-order valence-corrected chi connectivity index (χ2v) is 5.25. The van der Waals surface area contributed by atoms with E-state index in [1.807, 2.05) is 0 Å². The average molecular weight is 267 g/mol. The maximum Gasteiger partial charge on any atom is 0.303 e. The highest BCUT2D eigenvalue weighted by molar-refractivity contribution is 5.94. The van der Waals surface area contributed by atoms with Crippen molar-refractivity contribution in [1.29, 1.82) is 0 Å². The Morgan fingerprint density at radius 1 is 1.32 bits per heavy atom. The molecular weight excluding hydrogens is 249 g/mol. The average Bonchev–Trinajstić information content (AvgIpc) is 2.24. The van der Waals surface area contributed by atoms with Crippen molar-refractivity contribution in [1.82, 2.24) is 5.32 Å². The number of nitrogens with one attached hydrogen (secondary N) is 1. The number of carboxylic acid groups (broad SMARTS) is 1. The third kappa shape index (κ3) is 5.07. The van der Waals surface area contributed by atoms with Crippen LogP contribution in [0, 0.1) is 12.7 Å². The minimum absolute atomic E-state index is 0.0323. The molecule has 4 nitrogen and oxygen atoms in total. The zero-order valence-electron chi connectivity index (χ0n) is 11.3. The summed E-state index contributed by atoms with van der Waals surface area (Å²) in [6, 6.07) is 4.09. The van der Waals surface area contributed by atoms with E-state index >= 15 is 0 Å². The molecule has 0 unspecified atom stereocenters. The van der Waals surface area contributed by atoms with Gasteiger partial charge in [-0.15, -0.1) is 0 Å². The van der Waals surface area contributed by atoms with Crippen LogP contribution in [0.3, 0.4) is 0 Å². The number of hydrogen-bond acceptors (Lipinski definition) is 2. The standard InChI is InChI=1S/C14H18FNO3/c1-9-6-10(8-11(15)7-9)13(19)16-14(2,3)5-4-12(17)18/h6-8H,4-5H2,1-3H3,(H,16,19)(H,17,18). The van der Waals surface area contributed by atoms with Crippen LogP contribution in [0.4, 0.5) is 4.39 Å². The van der Waals surface area contributed by atoms with Crippen LogP contribution in [0.15, 0.2) is 18.2 Å². The first kappa shape index (κ1) is 15.1. The molecule has 0 heterocycles. The van der Waals surface area contributed by atoms with Crippen molar-refractivity contribution in [2.75, 3.05) is 0 Å². The monoisotopic (exact) mass is 267 g/mol. The molecule has 5 heteroatoms. The molecule has 0 radical (unpaired) electrons. The van der Waals surface area contributed by atoms with Gasteiger partial charge in [0.2, 0.25) is 0 Å². The van der Waals surface area contributed by atoms with Crippen molar-refractivity contribution in [3.8, 4) is 0 Å². The highest BCUT2D eigenvalue weighted by Crippen LogP contribution is 2.14. The number of carbonyl (C=O) groups excluding carboxylic acids is 1. The van der Waals surface area contributed by atoms with Crippen LogP contribution in [0.5, 0.6) is 0 Å². The van der Waals surface area contributed by atoms with E-state index < -0.39 is 23.2 Å². The van der Waals surface area contributed by atoms with Crippen LogP contribution in [0.1, 0.15) is 42.6 Å². The number of benzene rings is 1. The molecule has 0 aliphatic rings. The first-order chi connectivity index (χ1) is 8.69. The van der Waals surface area contributed by atoms with E-state index in [1.165, 1.54) is 6.07 Å². The predicted octanol–water partition coefficient (Wildman–Crippen LogP) is 2.51. The number of aryl methyl sites for hydroxylation is 1. The molecule has 1 aromatic carbocycles. The van der Waals surface area contributed by atoms with E-state index in [4.69, 9.17) is 5.11 Å². The van der Waals surface area contributed by atoms with E-state index in [-0.39, 0.29) is 12.0 Å². The zero-order valence-corrected chi connectivity index (χ0v) is 11.3. The zero-order chi connectivity index (χ0) is 14.6. The van der Waals surface area contributed by atoms with Gasteiger partial charge in [-0.05, 0) is 51.0 Å². The molecule has 0 fully saturated rings. The van der Waals surface area contributed by atoms with Crippen molar-refractivity contribution in [3.63, 3.8) is 0 Å². The summed E-state index contributed by atoms with van der Waals surface area (Å²) in [4.78, 5) is 22.5. The number of carbonyl (C=O) groups is 2. The predicted molar refractivity (Wildman–Crippen MR) is 69.6 cm³/mol.